The number of aryl methyl sites for hydroxylation is 2. The van der Waals surface area contributed by atoms with Crippen LogP contribution in [0.4, 0.5) is 5.82 Å². The van der Waals surface area contributed by atoms with Crippen LogP contribution in [0.2, 0.25) is 0 Å². The van der Waals surface area contributed by atoms with Gasteiger partial charge in [0.05, 0.1) is 18.5 Å². The summed E-state index contributed by atoms with van der Waals surface area (Å²) in [5, 5.41) is 9.80. The Kier molecular flexibility index (Phi) is 4.28. The molecule has 7 nitrogen and oxygen atoms in total. The first-order chi connectivity index (χ1) is 10.6. The standard InChI is InChI=1S/C15H23N5O2/c1-10-11(2)22-15-13(10)14(16)17-12(18-15)9-20-5-3-19(4-6-20)7-8-21/h21H,3-9H2,1-2H3,(H2,16,17,18). The van der Waals surface area contributed by atoms with Crippen LogP contribution in [0.1, 0.15) is 17.1 Å². The van der Waals surface area contributed by atoms with Gasteiger partial charge in [-0.3, -0.25) is 9.80 Å². The number of aromatic nitrogens is 2. The lowest BCUT2D eigenvalue weighted by molar-refractivity contribution is 0.107. The monoisotopic (exact) mass is 305 g/mol. The minimum absolute atomic E-state index is 0.216. The third-order valence-corrected chi connectivity index (χ3v) is 4.35. The zero-order chi connectivity index (χ0) is 15.7. The first-order valence-corrected chi connectivity index (χ1v) is 7.66. The lowest BCUT2D eigenvalue weighted by Gasteiger charge is -2.33. The Hall–Kier alpha value is -1.70. The average molecular weight is 305 g/mol. The molecule has 3 N–H and O–H groups in total. The van der Waals surface area contributed by atoms with Crippen molar-refractivity contribution in [2.24, 2.45) is 0 Å². The van der Waals surface area contributed by atoms with Crippen LogP contribution in [0.3, 0.4) is 0 Å². The van der Waals surface area contributed by atoms with E-state index in [0.29, 0.717) is 23.9 Å². The van der Waals surface area contributed by atoms with Gasteiger partial charge >= 0.3 is 0 Å². The van der Waals surface area contributed by atoms with Gasteiger partial charge in [0.25, 0.3) is 0 Å². The van der Waals surface area contributed by atoms with Gasteiger partial charge in [-0.15, -0.1) is 0 Å². The molecular formula is C15H23N5O2. The number of nitrogens with zero attached hydrogens (tertiary/aromatic N) is 4. The number of nitrogens with two attached hydrogens (primary N) is 1. The van der Waals surface area contributed by atoms with Crippen LogP contribution in [0, 0.1) is 13.8 Å². The summed E-state index contributed by atoms with van der Waals surface area (Å²) in [6.45, 7) is 9.31. The fourth-order valence-electron chi connectivity index (χ4n) is 2.91. The van der Waals surface area contributed by atoms with Gasteiger partial charge in [-0.05, 0) is 13.8 Å². The van der Waals surface area contributed by atoms with Gasteiger partial charge < -0.3 is 15.3 Å². The Morgan fingerprint density at radius 2 is 1.82 bits per heavy atom. The second kappa shape index (κ2) is 6.20. The van der Waals surface area contributed by atoms with Crippen LogP contribution in [-0.4, -0.2) is 64.2 Å². The van der Waals surface area contributed by atoms with E-state index in [4.69, 9.17) is 15.3 Å². The molecule has 0 amide bonds. The number of β-amino-alcohol motifs (C(OH)–C–C–N with tert-alkyl or cyclic N) is 1. The quantitative estimate of drug-likeness (QED) is 0.851. The summed E-state index contributed by atoms with van der Waals surface area (Å²) in [5.74, 6) is 2.04. The molecule has 2 aromatic heterocycles. The largest absolute Gasteiger partial charge is 0.443 e. The molecule has 1 aliphatic rings. The number of furan rings is 1. The van der Waals surface area contributed by atoms with E-state index in [9.17, 15) is 0 Å². The molecule has 22 heavy (non-hydrogen) atoms. The van der Waals surface area contributed by atoms with Gasteiger partial charge in [-0.1, -0.05) is 0 Å². The predicted molar refractivity (Wildman–Crippen MR) is 84.5 cm³/mol. The smallest absolute Gasteiger partial charge is 0.231 e. The van der Waals surface area contributed by atoms with Crippen molar-refractivity contribution >= 4 is 16.9 Å². The zero-order valence-corrected chi connectivity index (χ0v) is 13.2. The van der Waals surface area contributed by atoms with Crippen molar-refractivity contribution in [1.29, 1.82) is 0 Å². The molecule has 3 heterocycles. The number of rotatable bonds is 4. The fraction of sp³-hybridized carbons (Fsp3) is 0.600. The number of nitrogen functional groups attached to an aromatic ring is 1. The third-order valence-electron chi connectivity index (χ3n) is 4.35. The van der Waals surface area contributed by atoms with Gasteiger partial charge in [0.1, 0.15) is 17.4 Å². The summed E-state index contributed by atoms with van der Waals surface area (Å²) < 4.78 is 5.67. The molecule has 0 aliphatic carbocycles. The summed E-state index contributed by atoms with van der Waals surface area (Å²) in [6.07, 6.45) is 0. The number of hydrogen-bond acceptors (Lipinski definition) is 7. The van der Waals surface area contributed by atoms with Crippen LogP contribution >= 0.6 is 0 Å². The van der Waals surface area contributed by atoms with Crippen molar-refractivity contribution in [3.05, 3.63) is 17.1 Å². The maximum absolute atomic E-state index is 8.98. The third kappa shape index (κ3) is 2.92. The van der Waals surface area contributed by atoms with Gasteiger partial charge in [-0.25, -0.2) is 4.98 Å². The molecule has 0 spiro atoms. The van der Waals surface area contributed by atoms with Gasteiger partial charge in [0.2, 0.25) is 5.71 Å². The zero-order valence-electron chi connectivity index (χ0n) is 13.2. The molecular weight excluding hydrogens is 282 g/mol. The van der Waals surface area contributed by atoms with E-state index in [1.807, 2.05) is 13.8 Å². The van der Waals surface area contributed by atoms with E-state index >= 15 is 0 Å². The summed E-state index contributed by atoms with van der Waals surface area (Å²) >= 11 is 0. The topological polar surface area (TPSA) is 91.7 Å². The van der Waals surface area contributed by atoms with Crippen LogP contribution in [0.5, 0.6) is 0 Å². The summed E-state index contributed by atoms with van der Waals surface area (Å²) in [6, 6.07) is 0. The highest BCUT2D eigenvalue weighted by Crippen LogP contribution is 2.27. The molecule has 0 unspecified atom stereocenters. The molecule has 0 saturated carbocycles. The molecule has 120 valence electrons. The molecule has 0 aromatic carbocycles. The van der Waals surface area contributed by atoms with Crippen molar-refractivity contribution in [3.63, 3.8) is 0 Å². The number of hydrogen-bond donors (Lipinski definition) is 2. The van der Waals surface area contributed by atoms with Crippen LogP contribution < -0.4 is 5.73 Å². The van der Waals surface area contributed by atoms with E-state index < -0.39 is 0 Å². The van der Waals surface area contributed by atoms with E-state index in [1.54, 1.807) is 0 Å². The number of aliphatic hydroxyl groups excluding tert-OH is 1. The fourth-order valence-corrected chi connectivity index (χ4v) is 2.91. The number of fused-ring (bicyclic) bond motifs is 1. The Morgan fingerprint density at radius 1 is 1.14 bits per heavy atom. The Labute approximate surface area is 129 Å². The Balaban J connectivity index is 1.72. The van der Waals surface area contributed by atoms with Crippen LogP contribution in [0.15, 0.2) is 4.42 Å². The highest BCUT2D eigenvalue weighted by molar-refractivity contribution is 5.88. The second-order valence-corrected chi connectivity index (χ2v) is 5.83. The maximum Gasteiger partial charge on any atom is 0.231 e. The molecule has 1 aliphatic heterocycles. The normalized spacial score (nSPS) is 17.4. The molecule has 0 atom stereocenters. The summed E-state index contributed by atoms with van der Waals surface area (Å²) in [4.78, 5) is 13.5. The predicted octanol–water partition coefficient (Wildman–Crippen LogP) is 0.532. The van der Waals surface area contributed by atoms with Gasteiger partial charge in [0, 0.05) is 38.3 Å². The number of anilines is 1. The minimum atomic E-state index is 0.216. The highest BCUT2D eigenvalue weighted by atomic mass is 16.3. The van der Waals surface area contributed by atoms with Crippen LogP contribution in [0.25, 0.3) is 11.1 Å². The van der Waals surface area contributed by atoms with E-state index in [0.717, 1.165) is 49.4 Å². The Morgan fingerprint density at radius 3 is 2.50 bits per heavy atom. The molecule has 0 radical (unpaired) electrons. The summed E-state index contributed by atoms with van der Waals surface area (Å²) in [7, 11) is 0. The van der Waals surface area contributed by atoms with Crippen molar-refractivity contribution in [2.75, 3.05) is 45.1 Å². The van der Waals surface area contributed by atoms with E-state index in [-0.39, 0.29) is 6.61 Å². The van der Waals surface area contributed by atoms with Gasteiger partial charge in [0.15, 0.2) is 0 Å². The lowest BCUT2D eigenvalue weighted by Crippen LogP contribution is -2.46. The van der Waals surface area contributed by atoms with E-state index in [1.165, 1.54) is 0 Å². The lowest BCUT2D eigenvalue weighted by atomic mass is 10.2. The number of aliphatic hydroxyl groups is 1. The highest BCUT2D eigenvalue weighted by Gasteiger charge is 2.19. The molecule has 1 saturated heterocycles. The van der Waals surface area contributed by atoms with Crippen LogP contribution in [-0.2, 0) is 6.54 Å². The molecule has 1 fully saturated rings. The average Bonchev–Trinajstić information content (AvgIpc) is 2.77. The van der Waals surface area contributed by atoms with Crippen molar-refractivity contribution < 1.29 is 9.52 Å². The van der Waals surface area contributed by atoms with Gasteiger partial charge in [-0.2, -0.15) is 4.98 Å². The van der Waals surface area contributed by atoms with Crippen molar-refractivity contribution in [3.8, 4) is 0 Å². The minimum Gasteiger partial charge on any atom is -0.443 e. The first kappa shape index (κ1) is 15.2. The maximum atomic E-state index is 8.98. The second-order valence-electron chi connectivity index (χ2n) is 5.83. The Bertz CT molecular complexity index is 661. The summed E-state index contributed by atoms with van der Waals surface area (Å²) in [5.41, 5.74) is 7.66. The number of piperazine rings is 1. The van der Waals surface area contributed by atoms with E-state index in [2.05, 4.69) is 19.8 Å². The molecule has 0 bridgehead atoms. The van der Waals surface area contributed by atoms with Crippen molar-refractivity contribution in [1.82, 2.24) is 19.8 Å². The first-order valence-electron chi connectivity index (χ1n) is 7.66. The molecule has 2 aromatic rings. The van der Waals surface area contributed by atoms with Crippen molar-refractivity contribution in [2.45, 2.75) is 20.4 Å². The SMILES string of the molecule is Cc1oc2nc(CN3CCN(CCO)CC3)nc(N)c2c1C. The molecule has 7 heteroatoms. The molecule has 3 rings (SSSR count).